The molecule has 1 aromatic carbocycles. The van der Waals surface area contributed by atoms with Crippen molar-refractivity contribution in [3.05, 3.63) is 83.6 Å². The molecule has 2 aromatic heterocycles. The Kier molecular flexibility index (Phi) is 5.12. The molecule has 0 aliphatic rings. The minimum atomic E-state index is -1.69. The predicted octanol–water partition coefficient (Wildman–Crippen LogP) is 3.76. The maximum atomic E-state index is 13.6. The number of hydrogen-bond acceptors (Lipinski definition) is 4. The summed E-state index contributed by atoms with van der Waals surface area (Å²) in [4.78, 5) is 20.1. The molecular weight excluding hydrogens is 345 g/mol. The molecule has 0 fully saturated rings. The molecule has 0 spiro atoms. The summed E-state index contributed by atoms with van der Waals surface area (Å²) in [5.41, 5.74) is 0.661. The summed E-state index contributed by atoms with van der Waals surface area (Å²) >= 11 is 0. The summed E-state index contributed by atoms with van der Waals surface area (Å²) < 4.78 is 39.8. The Morgan fingerprint density at radius 2 is 1.85 bits per heavy atom. The van der Waals surface area contributed by atoms with Gasteiger partial charge in [-0.15, -0.1) is 0 Å². The molecule has 2 heterocycles. The summed E-state index contributed by atoms with van der Waals surface area (Å²) in [6.07, 6.45) is 4.76. The molecule has 26 heavy (non-hydrogen) atoms. The average molecular weight is 358 g/mol. The molecule has 0 saturated carbocycles. The number of pyridine rings is 2. The van der Waals surface area contributed by atoms with Gasteiger partial charge < -0.3 is 10.6 Å². The number of carbonyl (C=O) groups excluding carboxylic acids is 1. The normalized spacial score (nSPS) is 10.4. The predicted molar refractivity (Wildman–Crippen MR) is 90.1 cm³/mol. The number of halogens is 3. The van der Waals surface area contributed by atoms with E-state index in [9.17, 15) is 18.0 Å². The minimum Gasteiger partial charge on any atom is -0.366 e. The first-order valence-electron chi connectivity index (χ1n) is 7.58. The standard InChI is InChI=1S/C18H13F3N4O/c19-14-5-4-13(16(20)17(14)21)18(26)25-12-3-6-15(24-10-12)23-9-11-2-1-7-22-8-11/h1-8,10H,9H2,(H,23,24)(H,25,26). The molecule has 8 heteroatoms. The third-order valence-electron chi connectivity index (χ3n) is 3.50. The molecule has 0 atom stereocenters. The van der Waals surface area contributed by atoms with Gasteiger partial charge >= 0.3 is 0 Å². The lowest BCUT2D eigenvalue weighted by molar-refractivity contribution is 0.102. The van der Waals surface area contributed by atoms with Crippen LogP contribution in [0.4, 0.5) is 24.7 Å². The van der Waals surface area contributed by atoms with Crippen molar-refractivity contribution < 1.29 is 18.0 Å². The number of hydrogen-bond donors (Lipinski definition) is 2. The van der Waals surface area contributed by atoms with E-state index >= 15 is 0 Å². The van der Waals surface area contributed by atoms with E-state index in [2.05, 4.69) is 20.6 Å². The van der Waals surface area contributed by atoms with Gasteiger partial charge in [0, 0.05) is 18.9 Å². The van der Waals surface area contributed by atoms with E-state index in [0.29, 0.717) is 18.4 Å². The second-order valence-corrected chi connectivity index (χ2v) is 5.32. The Bertz CT molecular complexity index is 918. The maximum Gasteiger partial charge on any atom is 0.258 e. The summed E-state index contributed by atoms with van der Waals surface area (Å²) in [7, 11) is 0. The number of nitrogens with one attached hydrogen (secondary N) is 2. The number of amides is 1. The zero-order valence-electron chi connectivity index (χ0n) is 13.3. The fourth-order valence-electron chi connectivity index (χ4n) is 2.17. The monoisotopic (exact) mass is 358 g/mol. The van der Waals surface area contributed by atoms with Crippen molar-refractivity contribution in [1.29, 1.82) is 0 Å². The van der Waals surface area contributed by atoms with Gasteiger partial charge in [-0.25, -0.2) is 18.2 Å². The van der Waals surface area contributed by atoms with Gasteiger partial charge in [-0.05, 0) is 35.9 Å². The van der Waals surface area contributed by atoms with Gasteiger partial charge in [0.15, 0.2) is 17.5 Å². The Morgan fingerprint density at radius 3 is 2.54 bits per heavy atom. The molecular formula is C18H13F3N4O. The molecule has 0 unspecified atom stereocenters. The van der Waals surface area contributed by atoms with Crippen LogP contribution in [-0.2, 0) is 6.54 Å². The largest absolute Gasteiger partial charge is 0.366 e. The Morgan fingerprint density at radius 1 is 1.00 bits per heavy atom. The summed E-state index contributed by atoms with van der Waals surface area (Å²) in [6.45, 7) is 0.520. The molecule has 3 aromatic rings. The van der Waals surface area contributed by atoms with Gasteiger partial charge in [-0.1, -0.05) is 6.07 Å². The molecule has 2 N–H and O–H groups in total. The third kappa shape index (κ3) is 3.97. The second-order valence-electron chi connectivity index (χ2n) is 5.32. The zero-order valence-corrected chi connectivity index (χ0v) is 13.3. The molecule has 132 valence electrons. The number of carbonyl (C=O) groups is 1. The SMILES string of the molecule is O=C(Nc1ccc(NCc2cccnc2)nc1)c1ccc(F)c(F)c1F. The molecule has 0 aliphatic carbocycles. The van der Waals surface area contributed by atoms with Gasteiger partial charge in [0.2, 0.25) is 0 Å². The van der Waals surface area contributed by atoms with Crippen molar-refractivity contribution in [1.82, 2.24) is 9.97 Å². The fourth-order valence-corrected chi connectivity index (χ4v) is 2.17. The highest BCUT2D eigenvalue weighted by atomic mass is 19.2. The van der Waals surface area contributed by atoms with E-state index in [1.165, 1.54) is 6.20 Å². The van der Waals surface area contributed by atoms with Crippen LogP contribution < -0.4 is 10.6 Å². The van der Waals surface area contributed by atoms with E-state index in [-0.39, 0.29) is 5.69 Å². The van der Waals surface area contributed by atoms with Crippen LogP contribution in [0.3, 0.4) is 0 Å². The Balaban J connectivity index is 1.64. The average Bonchev–Trinajstić information content (AvgIpc) is 2.66. The summed E-state index contributed by atoms with van der Waals surface area (Å²) in [6, 6.07) is 8.46. The summed E-state index contributed by atoms with van der Waals surface area (Å²) in [5, 5.41) is 5.46. The number of aromatic nitrogens is 2. The second kappa shape index (κ2) is 7.64. The van der Waals surface area contributed by atoms with E-state index in [1.54, 1.807) is 24.5 Å². The van der Waals surface area contributed by atoms with Gasteiger partial charge in [-0.3, -0.25) is 9.78 Å². The molecule has 0 aliphatic heterocycles. The first kappa shape index (κ1) is 17.4. The van der Waals surface area contributed by atoms with Gasteiger partial charge in [0.25, 0.3) is 5.91 Å². The van der Waals surface area contributed by atoms with Crippen LogP contribution >= 0.6 is 0 Å². The molecule has 0 bridgehead atoms. The highest BCUT2D eigenvalue weighted by molar-refractivity contribution is 6.04. The van der Waals surface area contributed by atoms with Crippen LogP contribution in [0.25, 0.3) is 0 Å². The lowest BCUT2D eigenvalue weighted by atomic mass is 10.2. The third-order valence-corrected chi connectivity index (χ3v) is 3.50. The van der Waals surface area contributed by atoms with E-state index in [1.807, 2.05) is 12.1 Å². The van der Waals surface area contributed by atoms with Crippen LogP contribution in [0.15, 0.2) is 55.0 Å². The Labute approximate surface area is 146 Å². The lowest BCUT2D eigenvalue weighted by Crippen LogP contribution is -2.15. The highest BCUT2D eigenvalue weighted by Crippen LogP contribution is 2.17. The van der Waals surface area contributed by atoms with Crippen LogP contribution in [0.2, 0.25) is 0 Å². The highest BCUT2D eigenvalue weighted by Gasteiger charge is 2.18. The molecule has 0 saturated heterocycles. The smallest absolute Gasteiger partial charge is 0.258 e. The van der Waals surface area contributed by atoms with Crippen molar-refractivity contribution in [2.45, 2.75) is 6.54 Å². The van der Waals surface area contributed by atoms with Gasteiger partial charge in [-0.2, -0.15) is 0 Å². The zero-order chi connectivity index (χ0) is 18.5. The first-order chi connectivity index (χ1) is 12.5. The number of benzene rings is 1. The van der Waals surface area contributed by atoms with Crippen molar-refractivity contribution in [3.8, 4) is 0 Å². The quantitative estimate of drug-likeness (QED) is 0.682. The topological polar surface area (TPSA) is 66.9 Å². The number of anilines is 2. The van der Waals surface area contributed by atoms with Crippen molar-refractivity contribution >= 4 is 17.4 Å². The molecule has 0 radical (unpaired) electrons. The van der Waals surface area contributed by atoms with E-state index in [0.717, 1.165) is 11.6 Å². The first-order valence-corrected chi connectivity index (χ1v) is 7.58. The van der Waals surface area contributed by atoms with Crippen LogP contribution in [0, 0.1) is 17.5 Å². The molecule has 1 amide bonds. The minimum absolute atomic E-state index is 0.283. The number of rotatable bonds is 5. The van der Waals surface area contributed by atoms with Crippen LogP contribution in [0.5, 0.6) is 0 Å². The van der Waals surface area contributed by atoms with Crippen molar-refractivity contribution in [2.75, 3.05) is 10.6 Å². The molecule has 3 rings (SSSR count). The number of nitrogens with zero attached hydrogens (tertiary/aromatic N) is 2. The maximum absolute atomic E-state index is 13.6. The van der Waals surface area contributed by atoms with Gasteiger partial charge in [0.1, 0.15) is 5.82 Å². The van der Waals surface area contributed by atoms with Crippen LogP contribution in [-0.4, -0.2) is 15.9 Å². The molecule has 5 nitrogen and oxygen atoms in total. The summed E-state index contributed by atoms with van der Waals surface area (Å²) in [5.74, 6) is -4.93. The van der Waals surface area contributed by atoms with E-state index < -0.39 is 28.9 Å². The lowest BCUT2D eigenvalue weighted by Gasteiger charge is -2.09. The van der Waals surface area contributed by atoms with Crippen molar-refractivity contribution in [2.24, 2.45) is 0 Å². The van der Waals surface area contributed by atoms with Crippen LogP contribution in [0.1, 0.15) is 15.9 Å². The van der Waals surface area contributed by atoms with Crippen molar-refractivity contribution in [3.63, 3.8) is 0 Å². The Hall–Kier alpha value is -3.42. The fraction of sp³-hybridized carbons (Fsp3) is 0.0556. The van der Waals surface area contributed by atoms with Gasteiger partial charge in [0.05, 0.1) is 17.4 Å². The van der Waals surface area contributed by atoms with E-state index in [4.69, 9.17) is 0 Å².